The van der Waals surface area contributed by atoms with Crippen molar-refractivity contribution in [2.24, 2.45) is 0 Å². The van der Waals surface area contributed by atoms with Gasteiger partial charge in [-0.1, -0.05) is 17.7 Å². The van der Waals surface area contributed by atoms with Gasteiger partial charge in [-0.15, -0.1) is 0 Å². The number of aryl methyl sites for hydroxylation is 1. The number of alkyl halides is 3. The number of carboxylic acids is 1. The molecule has 0 aliphatic rings. The summed E-state index contributed by atoms with van der Waals surface area (Å²) >= 11 is 5.92. The predicted molar refractivity (Wildman–Crippen MR) is 94.5 cm³/mol. The predicted octanol–water partition coefficient (Wildman–Crippen LogP) is 4.86. The number of hydrogen-bond acceptors (Lipinski definition) is 3. The van der Waals surface area contributed by atoms with Gasteiger partial charge in [0.25, 0.3) is 0 Å². The lowest BCUT2D eigenvalue weighted by Crippen LogP contribution is -2.10. The van der Waals surface area contributed by atoms with Crippen molar-refractivity contribution in [2.75, 3.05) is 11.6 Å². The van der Waals surface area contributed by atoms with E-state index in [1.54, 1.807) is 6.07 Å². The van der Waals surface area contributed by atoms with Gasteiger partial charge in [-0.25, -0.2) is 0 Å². The minimum Gasteiger partial charge on any atom is -0.481 e. The summed E-state index contributed by atoms with van der Waals surface area (Å²) in [7, 11) is -1.56. The van der Waals surface area contributed by atoms with E-state index in [1.165, 1.54) is 30.5 Å². The van der Waals surface area contributed by atoms with Crippen molar-refractivity contribution >= 4 is 39.7 Å². The molecule has 2 aromatic carbocycles. The normalized spacial score (nSPS) is 12.7. The van der Waals surface area contributed by atoms with Gasteiger partial charge in [-0.3, -0.25) is 9.00 Å². The molecule has 0 bridgehead atoms. The third kappa shape index (κ3) is 5.22. The average molecular weight is 406 g/mol. The lowest BCUT2D eigenvalue weighted by atomic mass is 10.1. The van der Waals surface area contributed by atoms with Crippen LogP contribution >= 0.6 is 11.6 Å². The summed E-state index contributed by atoms with van der Waals surface area (Å²) in [6.07, 6.45) is -3.40. The van der Waals surface area contributed by atoms with Crippen LogP contribution in [0.3, 0.4) is 0 Å². The summed E-state index contributed by atoms with van der Waals surface area (Å²) in [5.74, 6) is -1.02. The van der Waals surface area contributed by atoms with E-state index < -0.39 is 28.5 Å². The topological polar surface area (TPSA) is 66.4 Å². The van der Waals surface area contributed by atoms with E-state index in [9.17, 15) is 22.2 Å². The Balaban J connectivity index is 2.46. The van der Waals surface area contributed by atoms with Crippen molar-refractivity contribution in [3.8, 4) is 0 Å². The number of aliphatic carboxylic acids is 1. The minimum atomic E-state index is -4.66. The smallest absolute Gasteiger partial charge is 0.418 e. The van der Waals surface area contributed by atoms with Gasteiger partial charge in [-0.2, -0.15) is 13.2 Å². The Bertz CT molecular complexity index is 856. The molecule has 0 saturated carbocycles. The third-order valence-corrected chi connectivity index (χ3v) is 4.73. The summed E-state index contributed by atoms with van der Waals surface area (Å²) in [5, 5.41) is 11.8. The van der Waals surface area contributed by atoms with Crippen molar-refractivity contribution in [1.82, 2.24) is 0 Å². The summed E-state index contributed by atoms with van der Waals surface area (Å²) in [6.45, 7) is 0. The highest BCUT2D eigenvalue weighted by Crippen LogP contribution is 2.38. The van der Waals surface area contributed by atoms with Crippen molar-refractivity contribution in [3.63, 3.8) is 0 Å². The van der Waals surface area contributed by atoms with Crippen LogP contribution in [0.2, 0.25) is 5.02 Å². The van der Waals surface area contributed by atoms with E-state index in [4.69, 9.17) is 16.7 Å². The second kappa shape index (κ2) is 8.09. The molecule has 1 unspecified atom stereocenters. The molecule has 2 aromatic rings. The fraction of sp³-hybridized carbons (Fsp3) is 0.235. The summed E-state index contributed by atoms with van der Waals surface area (Å²) in [4.78, 5) is 10.8. The first-order valence-corrected chi connectivity index (χ1v) is 9.33. The zero-order chi connectivity index (χ0) is 19.5. The van der Waals surface area contributed by atoms with E-state index in [0.29, 0.717) is 10.6 Å². The Morgan fingerprint density at radius 2 is 1.88 bits per heavy atom. The van der Waals surface area contributed by atoms with E-state index in [1.807, 2.05) is 0 Å². The van der Waals surface area contributed by atoms with Crippen LogP contribution in [-0.2, 0) is 28.2 Å². The first-order valence-electron chi connectivity index (χ1n) is 7.40. The zero-order valence-electron chi connectivity index (χ0n) is 13.6. The number of nitrogens with one attached hydrogen (secondary N) is 1. The molecule has 0 spiro atoms. The minimum absolute atomic E-state index is 0.0556. The standard InChI is InChI=1S/C17H15ClF3NO3S/c1-26(25)12-5-6-14(13(9-12)17(19,20)21)22-15-8-11(18)4-2-10(15)3-7-16(23)24/h2,4-6,8-9,22H,3,7H2,1H3,(H,23,24). The number of benzene rings is 2. The van der Waals surface area contributed by atoms with Gasteiger partial charge >= 0.3 is 12.1 Å². The lowest BCUT2D eigenvalue weighted by Gasteiger charge is -2.18. The number of rotatable bonds is 6. The van der Waals surface area contributed by atoms with Crippen LogP contribution in [0.4, 0.5) is 24.5 Å². The Morgan fingerprint density at radius 3 is 2.46 bits per heavy atom. The molecule has 4 nitrogen and oxygen atoms in total. The van der Waals surface area contributed by atoms with E-state index in [0.717, 1.165) is 6.07 Å². The maximum atomic E-state index is 13.4. The van der Waals surface area contributed by atoms with E-state index in [2.05, 4.69) is 5.32 Å². The molecule has 26 heavy (non-hydrogen) atoms. The maximum Gasteiger partial charge on any atom is 0.418 e. The van der Waals surface area contributed by atoms with Gasteiger partial charge in [-0.05, 0) is 42.3 Å². The van der Waals surface area contributed by atoms with Crippen LogP contribution in [0.5, 0.6) is 0 Å². The number of hydrogen-bond donors (Lipinski definition) is 2. The van der Waals surface area contributed by atoms with Crippen LogP contribution < -0.4 is 5.32 Å². The molecule has 0 aliphatic heterocycles. The Kier molecular flexibility index (Phi) is 6.30. The number of carbonyl (C=O) groups is 1. The highest BCUT2D eigenvalue weighted by Gasteiger charge is 2.34. The van der Waals surface area contributed by atoms with Crippen molar-refractivity contribution < 1.29 is 27.3 Å². The summed E-state index contributed by atoms with van der Waals surface area (Å²) in [6, 6.07) is 7.91. The number of halogens is 4. The SMILES string of the molecule is CS(=O)c1ccc(Nc2cc(Cl)ccc2CCC(=O)O)c(C(F)(F)F)c1. The quantitative estimate of drug-likeness (QED) is 0.720. The van der Waals surface area contributed by atoms with Crippen LogP contribution in [0.1, 0.15) is 17.5 Å². The van der Waals surface area contributed by atoms with Gasteiger partial charge in [0, 0.05) is 39.1 Å². The monoisotopic (exact) mass is 405 g/mol. The largest absolute Gasteiger partial charge is 0.481 e. The fourth-order valence-electron chi connectivity index (χ4n) is 2.32. The average Bonchev–Trinajstić information content (AvgIpc) is 2.53. The maximum absolute atomic E-state index is 13.4. The molecule has 9 heteroatoms. The van der Waals surface area contributed by atoms with Crippen LogP contribution in [-0.4, -0.2) is 21.5 Å². The first kappa shape index (κ1) is 20.3. The number of carboxylic acid groups (broad SMARTS) is 1. The highest BCUT2D eigenvalue weighted by molar-refractivity contribution is 7.84. The fourth-order valence-corrected chi connectivity index (χ4v) is 3.03. The second-order valence-electron chi connectivity index (χ2n) is 5.48. The molecule has 0 amide bonds. The molecule has 2 N–H and O–H groups in total. The summed E-state index contributed by atoms with van der Waals surface area (Å²) < 4.78 is 51.6. The molecule has 2 rings (SSSR count). The van der Waals surface area contributed by atoms with Crippen LogP contribution in [0.15, 0.2) is 41.3 Å². The van der Waals surface area contributed by atoms with Gasteiger partial charge in [0.15, 0.2) is 0 Å². The third-order valence-electron chi connectivity index (χ3n) is 3.58. The molecule has 0 radical (unpaired) electrons. The molecule has 0 aromatic heterocycles. The Labute approximate surface area is 155 Å². The molecule has 1 atom stereocenters. The van der Waals surface area contributed by atoms with Gasteiger partial charge in [0.2, 0.25) is 0 Å². The van der Waals surface area contributed by atoms with Crippen molar-refractivity contribution in [3.05, 3.63) is 52.5 Å². The molecule has 0 aliphatic carbocycles. The van der Waals surface area contributed by atoms with E-state index in [-0.39, 0.29) is 29.1 Å². The van der Waals surface area contributed by atoms with Crippen LogP contribution in [0, 0.1) is 0 Å². The first-order chi connectivity index (χ1) is 12.1. The molecular formula is C17H15ClF3NO3S. The summed E-state index contributed by atoms with van der Waals surface area (Å²) in [5.41, 5.74) is -0.386. The van der Waals surface area contributed by atoms with Gasteiger partial charge in [0.1, 0.15) is 0 Å². The zero-order valence-corrected chi connectivity index (χ0v) is 15.1. The lowest BCUT2D eigenvalue weighted by molar-refractivity contribution is -0.137. The van der Waals surface area contributed by atoms with Crippen molar-refractivity contribution in [2.45, 2.75) is 23.9 Å². The molecule has 0 heterocycles. The molecule has 0 fully saturated rings. The second-order valence-corrected chi connectivity index (χ2v) is 7.30. The van der Waals surface area contributed by atoms with E-state index >= 15 is 0 Å². The molecular weight excluding hydrogens is 391 g/mol. The Morgan fingerprint density at radius 1 is 1.19 bits per heavy atom. The molecule has 0 saturated heterocycles. The van der Waals surface area contributed by atoms with Gasteiger partial charge in [0.05, 0.1) is 11.3 Å². The van der Waals surface area contributed by atoms with Crippen LogP contribution in [0.25, 0.3) is 0 Å². The van der Waals surface area contributed by atoms with Crippen molar-refractivity contribution in [1.29, 1.82) is 0 Å². The highest BCUT2D eigenvalue weighted by atomic mass is 35.5. The number of anilines is 2. The van der Waals surface area contributed by atoms with Gasteiger partial charge < -0.3 is 10.4 Å². The molecule has 140 valence electrons. The Hall–Kier alpha value is -2.06.